The van der Waals surface area contributed by atoms with Gasteiger partial charge in [0.25, 0.3) is 0 Å². The highest BCUT2D eigenvalue weighted by molar-refractivity contribution is 6.32. The summed E-state index contributed by atoms with van der Waals surface area (Å²) in [4.78, 5) is 12.0. The Morgan fingerprint density at radius 2 is 1.88 bits per heavy atom. The van der Waals surface area contributed by atoms with Crippen molar-refractivity contribution < 1.29 is 19.0 Å². The highest BCUT2D eigenvalue weighted by Gasteiger charge is 2.12. The van der Waals surface area contributed by atoms with Crippen molar-refractivity contribution in [1.29, 1.82) is 0 Å². The quantitative estimate of drug-likeness (QED) is 0.732. The Bertz CT molecular complexity index is 737. The molecule has 6 nitrogen and oxygen atoms in total. The van der Waals surface area contributed by atoms with Crippen molar-refractivity contribution in [1.82, 2.24) is 5.32 Å². The highest BCUT2D eigenvalue weighted by atomic mass is 35.5. The third-order valence-corrected chi connectivity index (χ3v) is 3.66. The topological polar surface area (TPSA) is 68.8 Å². The number of rotatable bonds is 7. The smallest absolute Gasteiger partial charge is 0.319 e. The molecule has 2 aromatic carbocycles. The number of hydrogen-bond donors (Lipinski definition) is 2. The largest absolute Gasteiger partial charge is 0.495 e. The third kappa shape index (κ3) is 5.46. The van der Waals surface area contributed by atoms with Crippen LogP contribution in [-0.2, 0) is 0 Å². The molecule has 0 unspecified atom stereocenters. The third-order valence-electron chi connectivity index (χ3n) is 3.37. The van der Waals surface area contributed by atoms with Gasteiger partial charge in [0.1, 0.15) is 23.9 Å². The van der Waals surface area contributed by atoms with Crippen molar-refractivity contribution in [2.75, 3.05) is 32.7 Å². The van der Waals surface area contributed by atoms with E-state index in [4.69, 9.17) is 25.8 Å². The lowest BCUT2D eigenvalue weighted by Crippen LogP contribution is -2.32. The molecular formula is C18H21ClN2O4. The molecule has 2 amide bonds. The van der Waals surface area contributed by atoms with Crippen molar-refractivity contribution in [3.05, 3.63) is 47.0 Å². The van der Waals surface area contributed by atoms with Crippen molar-refractivity contribution in [3.8, 4) is 17.2 Å². The van der Waals surface area contributed by atoms with E-state index in [1.54, 1.807) is 12.1 Å². The minimum absolute atomic E-state index is 0.354. The highest BCUT2D eigenvalue weighted by Crippen LogP contribution is 2.35. The first-order chi connectivity index (χ1) is 12.0. The van der Waals surface area contributed by atoms with Gasteiger partial charge >= 0.3 is 6.03 Å². The van der Waals surface area contributed by atoms with E-state index in [0.29, 0.717) is 35.4 Å². The number of benzene rings is 2. The van der Waals surface area contributed by atoms with Crippen LogP contribution in [0.4, 0.5) is 10.5 Å². The van der Waals surface area contributed by atoms with Crippen LogP contribution in [0.25, 0.3) is 0 Å². The van der Waals surface area contributed by atoms with Gasteiger partial charge in [-0.3, -0.25) is 0 Å². The summed E-state index contributed by atoms with van der Waals surface area (Å²) in [6.45, 7) is 2.71. The van der Waals surface area contributed by atoms with Gasteiger partial charge < -0.3 is 24.8 Å². The molecule has 0 aliphatic rings. The first-order valence-corrected chi connectivity index (χ1v) is 8.07. The van der Waals surface area contributed by atoms with E-state index in [-0.39, 0.29) is 6.03 Å². The van der Waals surface area contributed by atoms with Crippen LogP contribution in [-0.4, -0.2) is 33.4 Å². The summed E-state index contributed by atoms with van der Waals surface area (Å²) in [5, 5.41) is 5.82. The summed E-state index contributed by atoms with van der Waals surface area (Å²) >= 11 is 6.04. The van der Waals surface area contributed by atoms with E-state index in [2.05, 4.69) is 10.6 Å². The number of urea groups is 1. The molecule has 0 atom stereocenters. The maximum absolute atomic E-state index is 12.0. The second-order valence-electron chi connectivity index (χ2n) is 5.23. The fraction of sp³-hybridized carbons (Fsp3) is 0.278. The van der Waals surface area contributed by atoms with Crippen LogP contribution in [0.15, 0.2) is 36.4 Å². The van der Waals surface area contributed by atoms with Gasteiger partial charge in [0.05, 0.1) is 31.5 Å². The Labute approximate surface area is 152 Å². The maximum Gasteiger partial charge on any atom is 0.319 e. The summed E-state index contributed by atoms with van der Waals surface area (Å²) in [5.41, 5.74) is 1.58. The molecule has 134 valence electrons. The van der Waals surface area contributed by atoms with E-state index in [9.17, 15) is 4.79 Å². The average Bonchev–Trinajstić information content (AvgIpc) is 2.60. The van der Waals surface area contributed by atoms with E-state index in [0.717, 1.165) is 11.3 Å². The summed E-state index contributed by atoms with van der Waals surface area (Å²) < 4.78 is 15.9. The number of aryl methyl sites for hydroxylation is 1. The zero-order valence-corrected chi connectivity index (χ0v) is 15.1. The summed E-state index contributed by atoms with van der Waals surface area (Å²) in [7, 11) is 3.00. The number of anilines is 1. The molecular weight excluding hydrogens is 344 g/mol. The van der Waals surface area contributed by atoms with E-state index in [1.807, 2.05) is 31.2 Å². The molecule has 2 N–H and O–H groups in total. The van der Waals surface area contributed by atoms with Crippen LogP contribution in [0.2, 0.25) is 5.02 Å². The molecule has 0 fully saturated rings. The first kappa shape index (κ1) is 18.7. The van der Waals surface area contributed by atoms with Gasteiger partial charge in [0.15, 0.2) is 0 Å². The van der Waals surface area contributed by atoms with Gasteiger partial charge in [-0.2, -0.15) is 0 Å². The number of nitrogens with one attached hydrogen (secondary N) is 2. The zero-order chi connectivity index (χ0) is 18.2. The molecule has 25 heavy (non-hydrogen) atoms. The molecule has 0 aliphatic carbocycles. The van der Waals surface area contributed by atoms with Gasteiger partial charge in [0.2, 0.25) is 0 Å². The second kappa shape index (κ2) is 9.03. The molecule has 0 aromatic heterocycles. The summed E-state index contributed by atoms with van der Waals surface area (Å²) in [6.07, 6.45) is 0. The molecule has 0 heterocycles. The molecule has 2 aromatic rings. The Morgan fingerprint density at radius 1 is 1.12 bits per heavy atom. The van der Waals surface area contributed by atoms with Gasteiger partial charge in [-0.1, -0.05) is 23.7 Å². The molecule has 0 spiro atoms. The normalized spacial score (nSPS) is 10.1. The Balaban J connectivity index is 1.86. The fourth-order valence-corrected chi connectivity index (χ4v) is 2.39. The van der Waals surface area contributed by atoms with Crippen LogP contribution in [0.5, 0.6) is 17.2 Å². The first-order valence-electron chi connectivity index (χ1n) is 7.69. The fourth-order valence-electron chi connectivity index (χ4n) is 2.16. The Morgan fingerprint density at radius 3 is 2.56 bits per heavy atom. The van der Waals surface area contributed by atoms with Crippen molar-refractivity contribution in [2.24, 2.45) is 0 Å². The van der Waals surface area contributed by atoms with Gasteiger partial charge in [-0.15, -0.1) is 0 Å². The van der Waals surface area contributed by atoms with Crippen LogP contribution in [0.1, 0.15) is 5.56 Å². The minimum Gasteiger partial charge on any atom is -0.495 e. The lowest BCUT2D eigenvalue weighted by atomic mass is 10.2. The number of methoxy groups -OCH3 is 2. The van der Waals surface area contributed by atoms with Crippen LogP contribution >= 0.6 is 11.6 Å². The lowest BCUT2D eigenvalue weighted by Gasteiger charge is -2.14. The van der Waals surface area contributed by atoms with Crippen molar-refractivity contribution in [3.63, 3.8) is 0 Å². The van der Waals surface area contributed by atoms with Gasteiger partial charge in [-0.25, -0.2) is 4.79 Å². The van der Waals surface area contributed by atoms with Crippen LogP contribution in [0.3, 0.4) is 0 Å². The van der Waals surface area contributed by atoms with Crippen molar-refractivity contribution >= 4 is 23.3 Å². The van der Waals surface area contributed by atoms with E-state index in [1.165, 1.54) is 14.2 Å². The monoisotopic (exact) mass is 364 g/mol. The SMILES string of the molecule is COc1cc(NC(=O)NCCOc2cccc(C)c2)c(OC)cc1Cl. The molecule has 2 rings (SSSR count). The number of carbonyl (C=O) groups is 1. The maximum atomic E-state index is 12.0. The number of ether oxygens (including phenoxy) is 3. The Hall–Kier alpha value is -2.60. The van der Waals surface area contributed by atoms with Crippen LogP contribution < -0.4 is 24.8 Å². The molecule has 7 heteroatoms. The Kier molecular flexibility index (Phi) is 6.77. The number of amides is 2. The molecule has 0 saturated heterocycles. The van der Waals surface area contributed by atoms with E-state index >= 15 is 0 Å². The molecule has 0 aliphatic heterocycles. The lowest BCUT2D eigenvalue weighted by molar-refractivity contribution is 0.247. The number of hydrogen-bond acceptors (Lipinski definition) is 4. The standard InChI is InChI=1S/C18H21ClN2O4/c1-12-5-4-6-13(9-12)25-8-7-20-18(22)21-15-11-16(23-2)14(19)10-17(15)24-3/h4-6,9-11H,7-8H2,1-3H3,(H2,20,21,22). The second-order valence-corrected chi connectivity index (χ2v) is 5.64. The average molecular weight is 365 g/mol. The number of halogens is 1. The van der Waals surface area contributed by atoms with Crippen LogP contribution in [0, 0.1) is 6.92 Å². The van der Waals surface area contributed by atoms with Gasteiger partial charge in [0, 0.05) is 12.1 Å². The van der Waals surface area contributed by atoms with Gasteiger partial charge in [-0.05, 0) is 24.6 Å². The predicted octanol–water partition coefficient (Wildman–Crippen LogP) is 3.87. The summed E-state index contributed by atoms with van der Waals surface area (Å²) in [6, 6.07) is 10.5. The van der Waals surface area contributed by atoms with Crippen molar-refractivity contribution in [2.45, 2.75) is 6.92 Å². The predicted molar refractivity (Wildman–Crippen MR) is 98.3 cm³/mol. The van der Waals surface area contributed by atoms with E-state index < -0.39 is 0 Å². The molecule has 0 radical (unpaired) electrons. The summed E-state index contributed by atoms with van der Waals surface area (Å²) in [5.74, 6) is 1.66. The minimum atomic E-state index is -0.379. The molecule has 0 saturated carbocycles. The molecule has 0 bridgehead atoms. The number of carbonyl (C=O) groups excluding carboxylic acids is 1. The zero-order valence-electron chi connectivity index (χ0n) is 14.4.